The molecule has 0 amide bonds. The lowest BCUT2D eigenvalue weighted by molar-refractivity contribution is -0.347. The Morgan fingerprint density at radius 1 is 0.674 bits per heavy atom. The maximum atomic E-state index is 12.3. The highest BCUT2D eigenvalue weighted by atomic mass is 16.8. The molecule has 2 heterocycles. The highest BCUT2D eigenvalue weighted by Crippen LogP contribution is 2.38. The van der Waals surface area contributed by atoms with Crippen molar-refractivity contribution in [3.63, 3.8) is 0 Å². The van der Waals surface area contributed by atoms with Crippen LogP contribution in [-0.4, -0.2) is 116 Å². The molecule has 0 unspecified atom stereocenters. The van der Waals surface area contributed by atoms with E-state index in [1.807, 2.05) is 0 Å². The molecule has 20 heteroatoms. The van der Waals surface area contributed by atoms with Gasteiger partial charge in [-0.3, -0.25) is 33.6 Å². The molecule has 0 saturated carbocycles. The lowest BCUT2D eigenvalue weighted by Gasteiger charge is -2.49. The maximum absolute atomic E-state index is 12.3. The van der Waals surface area contributed by atoms with Gasteiger partial charge in [-0.25, -0.2) is 0 Å². The Hall–Kier alpha value is -4.52. The molecule has 256 valence electrons. The summed E-state index contributed by atoms with van der Waals surface area (Å²) in [5.41, 5.74) is 6.96. The van der Waals surface area contributed by atoms with E-state index in [4.69, 9.17) is 47.4 Å². The van der Waals surface area contributed by atoms with Crippen LogP contribution in [0.5, 0.6) is 0 Å². The Labute approximate surface area is 261 Å². The van der Waals surface area contributed by atoms with Crippen LogP contribution >= 0.6 is 0 Å². The minimum Gasteiger partial charge on any atom is -0.463 e. The molecule has 2 aliphatic heterocycles. The molecule has 0 aromatic carbocycles. The first kappa shape index (κ1) is 37.7. The summed E-state index contributed by atoms with van der Waals surface area (Å²) in [6.45, 7) is 5.29. The largest absolute Gasteiger partial charge is 0.463 e. The maximum Gasteiger partial charge on any atom is 0.303 e. The molecule has 0 radical (unpaired) electrons. The van der Waals surface area contributed by atoms with Gasteiger partial charge in [-0.1, -0.05) is 0 Å². The van der Waals surface area contributed by atoms with E-state index in [0.717, 1.165) is 48.5 Å². The number of esters is 7. The highest BCUT2D eigenvalue weighted by Gasteiger charge is 2.60. The normalized spacial score (nSPS) is 30.3. The van der Waals surface area contributed by atoms with Crippen LogP contribution in [0.3, 0.4) is 0 Å². The predicted octanol–water partition coefficient (Wildman–Crippen LogP) is -0.0820. The number of carbonyl (C=O) groups excluding carboxylic acids is 7. The second-order valence-electron chi connectivity index (χ2n) is 9.98. The van der Waals surface area contributed by atoms with Crippen molar-refractivity contribution in [3.8, 4) is 0 Å². The fourth-order valence-corrected chi connectivity index (χ4v) is 4.67. The Morgan fingerprint density at radius 2 is 1.17 bits per heavy atom. The Morgan fingerprint density at radius 3 is 1.65 bits per heavy atom. The molecule has 0 aromatic heterocycles. The van der Waals surface area contributed by atoms with E-state index in [1.165, 1.54) is 0 Å². The number of hydrogen-bond donors (Lipinski definition) is 0. The van der Waals surface area contributed by atoms with Gasteiger partial charge in [0.05, 0.1) is 6.61 Å². The second-order valence-corrected chi connectivity index (χ2v) is 9.98. The Bertz CT molecular complexity index is 1240. The summed E-state index contributed by atoms with van der Waals surface area (Å²) >= 11 is 0. The summed E-state index contributed by atoms with van der Waals surface area (Å²) in [5, 5.41) is 3.53. The first-order chi connectivity index (χ1) is 21.5. The van der Waals surface area contributed by atoms with Crippen molar-refractivity contribution < 1.29 is 80.9 Å². The van der Waals surface area contributed by atoms with E-state index in [-0.39, 0.29) is 0 Å². The zero-order valence-corrected chi connectivity index (χ0v) is 26.0. The van der Waals surface area contributed by atoms with E-state index in [9.17, 15) is 39.1 Å². The van der Waals surface area contributed by atoms with Crippen molar-refractivity contribution in [3.05, 3.63) is 10.4 Å². The van der Waals surface area contributed by atoms with Gasteiger partial charge in [-0.05, 0) is 10.6 Å². The van der Waals surface area contributed by atoms with Crippen LogP contribution in [0.15, 0.2) is 5.11 Å². The smallest absolute Gasteiger partial charge is 0.303 e. The summed E-state index contributed by atoms with van der Waals surface area (Å²) in [6, 6.07) is 0. The summed E-state index contributed by atoms with van der Waals surface area (Å²) < 4.78 is 54.8. The SMILES string of the molecule is CC(=O)OC[C@H]1OC[C@](N=[N+]=[N-])(OC(C)=O)[C@@H](OC(C)=O)[C@@H]1O[C@H]1O[C@H](COC(C)=O)[C@@H](OC(C)=O)[C@H](OC(C)=O)[C@H]1OC(C)=O. The van der Waals surface area contributed by atoms with Gasteiger partial charge in [-0.15, -0.1) is 0 Å². The quantitative estimate of drug-likeness (QED) is 0.0870. The zero-order valence-electron chi connectivity index (χ0n) is 26.0. The summed E-state index contributed by atoms with van der Waals surface area (Å²) in [6.07, 6.45) is -13.1. The van der Waals surface area contributed by atoms with Crippen LogP contribution in [0.1, 0.15) is 48.5 Å². The lowest BCUT2D eigenvalue weighted by Crippen LogP contribution is -2.68. The van der Waals surface area contributed by atoms with E-state index < -0.39 is 116 Å². The molecule has 2 saturated heterocycles. The molecule has 0 spiro atoms. The molecule has 0 N–H and O–H groups in total. The topological polar surface area (TPSA) is 261 Å². The molecule has 2 aliphatic rings. The fraction of sp³-hybridized carbons (Fsp3) is 0.731. The van der Waals surface area contributed by atoms with Gasteiger partial charge < -0.3 is 47.4 Å². The second kappa shape index (κ2) is 16.7. The first-order valence-corrected chi connectivity index (χ1v) is 13.6. The van der Waals surface area contributed by atoms with Gasteiger partial charge in [0, 0.05) is 53.4 Å². The molecular formula is C26H35N3O17. The van der Waals surface area contributed by atoms with Crippen molar-refractivity contribution in [2.75, 3.05) is 19.8 Å². The van der Waals surface area contributed by atoms with Gasteiger partial charge >= 0.3 is 41.8 Å². The molecule has 46 heavy (non-hydrogen) atoms. The van der Waals surface area contributed by atoms with E-state index in [1.54, 1.807) is 0 Å². The van der Waals surface area contributed by atoms with Crippen molar-refractivity contribution in [1.82, 2.24) is 0 Å². The minimum absolute atomic E-state index is 0.560. The third-order valence-corrected chi connectivity index (χ3v) is 6.13. The number of carbonyl (C=O) groups is 7. The fourth-order valence-electron chi connectivity index (χ4n) is 4.67. The molecule has 2 fully saturated rings. The summed E-state index contributed by atoms with van der Waals surface area (Å²) in [7, 11) is 0. The van der Waals surface area contributed by atoms with Crippen molar-refractivity contribution in [2.45, 2.75) is 103 Å². The summed E-state index contributed by atoms with van der Waals surface area (Å²) in [5.74, 6) is -6.24. The Kier molecular flexibility index (Phi) is 13.7. The van der Waals surface area contributed by atoms with Crippen LogP contribution in [0.2, 0.25) is 0 Å². The summed E-state index contributed by atoms with van der Waals surface area (Å²) in [4.78, 5) is 86.9. The number of nitrogens with zero attached hydrogens (tertiary/aromatic N) is 3. The van der Waals surface area contributed by atoms with Crippen LogP contribution < -0.4 is 0 Å². The standard InChI is InChI=1S/C26H35N3O17/c1-11(30)37-8-18-21(24(43-16(6)35)26(10-39-18,28-29-27)46-17(7)36)45-25-23(42-15(5)34)22(41-14(4)33)20(40-13(3)32)19(44-25)9-38-12(2)31/h18-25H,8-10H2,1-7H3/t18-,19-,20-,21-,22+,23-,24+,25-,26+/m1/s1. The number of ether oxygens (including phenoxy) is 10. The minimum atomic E-state index is -2.39. The molecule has 0 aromatic rings. The van der Waals surface area contributed by atoms with Crippen molar-refractivity contribution in [2.24, 2.45) is 5.11 Å². The van der Waals surface area contributed by atoms with E-state index in [2.05, 4.69) is 10.0 Å². The lowest BCUT2D eigenvalue weighted by atomic mass is 9.93. The average Bonchev–Trinajstić information content (AvgIpc) is 2.91. The Balaban J connectivity index is 2.76. The molecule has 2 rings (SSSR count). The van der Waals surface area contributed by atoms with Crippen molar-refractivity contribution >= 4 is 41.8 Å². The van der Waals surface area contributed by atoms with E-state index in [0.29, 0.717) is 0 Å². The zero-order chi connectivity index (χ0) is 34.8. The van der Waals surface area contributed by atoms with Crippen LogP contribution in [-0.2, 0) is 80.9 Å². The van der Waals surface area contributed by atoms with Gasteiger partial charge in [0.2, 0.25) is 0 Å². The number of hydrogen-bond acceptors (Lipinski definition) is 18. The van der Waals surface area contributed by atoms with E-state index >= 15 is 0 Å². The third kappa shape index (κ3) is 10.5. The number of azide groups is 1. The first-order valence-electron chi connectivity index (χ1n) is 13.6. The average molecular weight is 662 g/mol. The highest BCUT2D eigenvalue weighted by molar-refractivity contribution is 5.69. The van der Waals surface area contributed by atoms with Gasteiger partial charge in [-0.2, -0.15) is 0 Å². The molecule has 9 atom stereocenters. The van der Waals surface area contributed by atoms with Crippen LogP contribution in [0, 0.1) is 0 Å². The number of rotatable bonds is 12. The van der Waals surface area contributed by atoms with Gasteiger partial charge in [0.1, 0.15) is 31.5 Å². The monoisotopic (exact) mass is 661 g/mol. The van der Waals surface area contributed by atoms with Crippen LogP contribution in [0.4, 0.5) is 0 Å². The van der Waals surface area contributed by atoms with Gasteiger partial charge in [0.25, 0.3) is 5.72 Å². The molecule has 0 bridgehead atoms. The van der Waals surface area contributed by atoms with Gasteiger partial charge in [0.15, 0.2) is 30.7 Å². The molecular weight excluding hydrogens is 626 g/mol. The van der Waals surface area contributed by atoms with Crippen molar-refractivity contribution in [1.29, 1.82) is 0 Å². The van der Waals surface area contributed by atoms with Crippen LogP contribution in [0.25, 0.3) is 10.4 Å². The molecule has 0 aliphatic carbocycles. The molecule has 20 nitrogen and oxygen atoms in total. The predicted molar refractivity (Wildman–Crippen MR) is 142 cm³/mol. The third-order valence-electron chi connectivity index (χ3n) is 6.13.